The predicted molar refractivity (Wildman–Crippen MR) is 382 cm³/mol. The maximum absolute atomic E-state index is 12.4. The molecule has 0 radical (unpaired) electrons. The van der Waals surface area contributed by atoms with Crippen LogP contribution < -0.4 is 62.6 Å². The number of hydrogen-bond acceptors (Lipinski definition) is 18. The minimum atomic E-state index is -0.457. The number of esters is 3. The van der Waals surface area contributed by atoms with Gasteiger partial charge in [-0.25, -0.2) is 0 Å². The summed E-state index contributed by atoms with van der Waals surface area (Å²) < 4.78 is 14.8. The molecule has 10 atom stereocenters. The van der Waals surface area contributed by atoms with Gasteiger partial charge in [0.25, 0.3) is 0 Å². The molecule has 6 heterocycles. The largest absolute Gasteiger partial charge is 0.466 e. The van der Waals surface area contributed by atoms with Crippen LogP contribution in [0.1, 0.15) is 80.3 Å². The summed E-state index contributed by atoms with van der Waals surface area (Å²) in [6, 6.07) is 68.7. The molecule has 0 aliphatic carbocycles. The first kappa shape index (κ1) is 74.4. The van der Waals surface area contributed by atoms with E-state index >= 15 is 0 Å². The Kier molecular flexibility index (Phi) is 26.9. The molecule has 6 saturated heterocycles. The smallest absolute Gasteiger partial charge is 0.302 e. The fourth-order valence-electron chi connectivity index (χ4n) is 11.4. The van der Waals surface area contributed by atoms with Crippen LogP contribution in [0.2, 0.25) is 0 Å². The molecular weight excluding hydrogens is 1270 g/mol. The van der Waals surface area contributed by atoms with E-state index in [0.717, 1.165) is 39.7 Å². The first-order chi connectivity index (χ1) is 48.1. The fraction of sp³-hybridized carbons (Fsp3) is 0.329. The van der Waals surface area contributed by atoms with Gasteiger partial charge in [-0.2, -0.15) is 0 Å². The van der Waals surface area contributed by atoms with E-state index in [2.05, 4.69) is 53.3 Å². The topological polar surface area (TPSA) is 273 Å². The molecule has 7 aromatic rings. The Morgan fingerprint density at radius 2 is 0.630 bits per heavy atom. The number of hydrogen-bond donors (Lipinski definition) is 6. The first-order valence-electron chi connectivity index (χ1n) is 33.4. The van der Waals surface area contributed by atoms with Gasteiger partial charge in [-0.1, -0.05) is 160 Å². The van der Waals surface area contributed by atoms with Crippen LogP contribution in [0.4, 0.5) is 34.1 Å². The standard InChI is InChI=1S/C18H18N2O3.C13H16N2O3.C12H14N2O3.3C11H14N2O/c1-13(21)23-12-16-17(14-8-4-2-5-9-14)20(19-18(16)22)15-10-6-3-7-11-15;1-10(16)18-8-7-11-9-15(14-13(11)17)12-5-3-2-4-6-12;1-9(15)17-8-10-7-14(13-12(10)16)11-5-3-2-4-6-11;3*1-8-9(2)13(12-11(8)14)10-6-4-3-5-7-10/h2-11,16-17H,12H2,1H3,(H,19,22);2-6,11H,7-9H2,1H3,(H,14,17);2-6,10H,7-8H2,1H3,(H,13,16);3*3-9H,1-2H3,(H,12,14). The van der Waals surface area contributed by atoms with E-state index in [-0.39, 0.29) is 127 Å². The molecule has 6 fully saturated rings. The Morgan fingerprint density at radius 1 is 0.340 bits per heavy atom. The highest BCUT2D eigenvalue weighted by molar-refractivity contribution is 5.88. The Morgan fingerprint density at radius 3 is 0.960 bits per heavy atom. The van der Waals surface area contributed by atoms with Crippen LogP contribution in [-0.2, 0) is 57.4 Å². The van der Waals surface area contributed by atoms with E-state index in [1.54, 1.807) is 5.01 Å². The van der Waals surface area contributed by atoms with Gasteiger partial charge in [0.2, 0.25) is 35.4 Å². The highest BCUT2D eigenvalue weighted by Gasteiger charge is 2.43. The van der Waals surface area contributed by atoms with Crippen molar-refractivity contribution in [3.63, 3.8) is 0 Å². The lowest BCUT2D eigenvalue weighted by molar-refractivity contribution is -0.144. The van der Waals surface area contributed by atoms with E-state index in [4.69, 9.17) is 14.2 Å². The molecule has 24 nitrogen and oxygen atoms in total. The lowest BCUT2D eigenvalue weighted by atomic mass is 9.94. The van der Waals surface area contributed by atoms with Crippen molar-refractivity contribution in [2.75, 3.05) is 63.0 Å². The zero-order valence-electron chi connectivity index (χ0n) is 57.8. The lowest BCUT2D eigenvalue weighted by Crippen LogP contribution is -2.37. The zero-order valence-corrected chi connectivity index (χ0v) is 57.8. The fourth-order valence-corrected chi connectivity index (χ4v) is 11.4. The van der Waals surface area contributed by atoms with Crippen molar-refractivity contribution in [1.29, 1.82) is 0 Å². The van der Waals surface area contributed by atoms with E-state index in [0.29, 0.717) is 19.5 Å². The molecule has 6 aliphatic heterocycles. The van der Waals surface area contributed by atoms with Gasteiger partial charge in [0.05, 0.1) is 108 Å². The molecule has 0 spiro atoms. The second kappa shape index (κ2) is 36.2. The SMILES string of the molecule is CC(=O)OCC1C(=O)NN(c2ccccc2)C1c1ccccc1.CC(=O)OCC1CN(c2ccccc2)NC1=O.CC(=O)OCCC1CN(c2ccccc2)NC1=O.CC1C(=O)NN(c2ccccc2)C1C.CC1C(=O)NN(c2ccccc2)C1C.CC1C(=O)NN(c2ccccc2)C1C. The molecule has 0 saturated carbocycles. The quantitative estimate of drug-likeness (QED) is 0.0438. The molecule has 526 valence electrons. The molecule has 24 heteroatoms. The Bertz CT molecular complexity index is 3650. The molecule has 0 bridgehead atoms. The number of rotatable bonds is 14. The van der Waals surface area contributed by atoms with Crippen LogP contribution in [0, 0.1) is 35.5 Å². The molecule has 6 aliphatic rings. The summed E-state index contributed by atoms with van der Waals surface area (Å²) in [5, 5.41) is 11.2. The van der Waals surface area contributed by atoms with E-state index in [1.165, 1.54) is 20.8 Å². The average Bonchev–Trinajstić information content (AvgIpc) is 1.61. The molecule has 0 aromatic heterocycles. The van der Waals surface area contributed by atoms with Crippen molar-refractivity contribution < 1.29 is 57.4 Å². The highest BCUT2D eigenvalue weighted by atomic mass is 16.5. The number of amides is 6. The Hall–Kier alpha value is -11.4. The summed E-state index contributed by atoms with van der Waals surface area (Å²) in [5.74, 6) is -1.80. The summed E-state index contributed by atoms with van der Waals surface area (Å²) >= 11 is 0. The van der Waals surface area contributed by atoms with Gasteiger partial charge in [0.1, 0.15) is 19.1 Å². The molecule has 6 amide bonds. The van der Waals surface area contributed by atoms with E-state index < -0.39 is 5.92 Å². The number of nitrogens with one attached hydrogen (secondary N) is 6. The second-order valence-electron chi connectivity index (χ2n) is 24.7. The van der Waals surface area contributed by atoms with Crippen LogP contribution in [0.25, 0.3) is 0 Å². The van der Waals surface area contributed by atoms with Crippen molar-refractivity contribution >= 4 is 87.5 Å². The summed E-state index contributed by atoms with van der Waals surface area (Å²) in [4.78, 5) is 103. The lowest BCUT2D eigenvalue weighted by Gasteiger charge is -2.28. The average molecular weight is 1360 g/mol. The van der Waals surface area contributed by atoms with E-state index in [1.807, 2.05) is 258 Å². The maximum Gasteiger partial charge on any atom is 0.302 e. The summed E-state index contributed by atoms with van der Waals surface area (Å²) in [5.41, 5.74) is 23.9. The first-order valence-corrected chi connectivity index (χ1v) is 33.4. The van der Waals surface area contributed by atoms with Gasteiger partial charge in [0, 0.05) is 20.8 Å². The van der Waals surface area contributed by atoms with Gasteiger partial charge >= 0.3 is 17.9 Å². The third-order valence-corrected chi connectivity index (χ3v) is 17.7. The van der Waals surface area contributed by atoms with Gasteiger partial charge in [-0.3, -0.25) is 106 Å². The minimum Gasteiger partial charge on any atom is -0.466 e. The van der Waals surface area contributed by atoms with Gasteiger partial charge in [-0.05, 0) is 106 Å². The molecule has 7 aromatic carbocycles. The van der Waals surface area contributed by atoms with Gasteiger partial charge < -0.3 is 14.2 Å². The van der Waals surface area contributed by atoms with Gasteiger partial charge in [-0.15, -0.1) is 0 Å². The van der Waals surface area contributed by atoms with Gasteiger partial charge in [0.15, 0.2) is 0 Å². The number of anilines is 6. The molecular formula is C76H90N12O12. The highest BCUT2D eigenvalue weighted by Crippen LogP contribution is 2.37. The number of carbonyl (C=O) groups is 9. The number of hydrazine groups is 6. The van der Waals surface area contributed by atoms with Crippen molar-refractivity contribution in [3.05, 3.63) is 218 Å². The van der Waals surface area contributed by atoms with Crippen molar-refractivity contribution in [3.8, 4) is 0 Å². The Labute approximate surface area is 584 Å². The minimum absolute atomic E-state index is 0.0222. The summed E-state index contributed by atoms with van der Waals surface area (Å²) in [6.45, 7) is 17.6. The van der Waals surface area contributed by atoms with Crippen molar-refractivity contribution in [1.82, 2.24) is 32.6 Å². The third-order valence-electron chi connectivity index (χ3n) is 17.7. The van der Waals surface area contributed by atoms with Crippen LogP contribution >= 0.6 is 0 Å². The second-order valence-corrected chi connectivity index (χ2v) is 24.7. The van der Waals surface area contributed by atoms with E-state index in [9.17, 15) is 43.2 Å². The number of benzene rings is 7. The zero-order chi connectivity index (χ0) is 71.8. The number of para-hydroxylation sites is 6. The number of nitrogens with zero attached hydrogens (tertiary/aromatic N) is 6. The predicted octanol–water partition coefficient (Wildman–Crippen LogP) is 8.97. The van der Waals surface area contributed by atoms with Crippen LogP contribution in [0.5, 0.6) is 0 Å². The monoisotopic (exact) mass is 1360 g/mol. The number of ether oxygens (including phenoxy) is 3. The maximum atomic E-state index is 12.4. The van der Waals surface area contributed by atoms with Crippen LogP contribution in [-0.4, -0.2) is 104 Å². The van der Waals surface area contributed by atoms with Crippen LogP contribution in [0.15, 0.2) is 212 Å². The molecule has 6 N–H and O–H groups in total. The number of carbonyl (C=O) groups excluding carboxylic acids is 9. The third kappa shape index (κ3) is 20.3. The summed E-state index contributed by atoms with van der Waals surface area (Å²) in [6.07, 6.45) is 0.550. The Balaban J connectivity index is 0.000000154. The van der Waals surface area contributed by atoms with Crippen LogP contribution in [0.3, 0.4) is 0 Å². The molecule has 10 unspecified atom stereocenters. The van der Waals surface area contributed by atoms with Crippen molar-refractivity contribution in [2.24, 2.45) is 35.5 Å². The molecule has 13 rings (SSSR count). The van der Waals surface area contributed by atoms with Crippen molar-refractivity contribution in [2.45, 2.75) is 92.9 Å². The normalized spacial score (nSPS) is 22.3. The summed E-state index contributed by atoms with van der Waals surface area (Å²) in [7, 11) is 0. The molecule has 100 heavy (non-hydrogen) atoms.